The van der Waals surface area contributed by atoms with E-state index < -0.39 is 0 Å². The monoisotopic (exact) mass is 459 g/mol. The van der Waals surface area contributed by atoms with Crippen LogP contribution in [0, 0.1) is 5.92 Å². The SMILES string of the molecule is CCOc1c(Cl)cc(C(=O)N2CCC(C(=O)c3ccc4c(c3)OCCO4)CC2)cc1OC. The Hall–Kier alpha value is -2.93. The summed E-state index contributed by atoms with van der Waals surface area (Å²) in [5.74, 6) is 1.91. The van der Waals surface area contributed by atoms with Crippen LogP contribution in [-0.4, -0.2) is 56.6 Å². The Bertz CT molecular complexity index is 1020. The number of methoxy groups -OCH3 is 1. The molecule has 0 spiro atoms. The van der Waals surface area contributed by atoms with Crippen molar-refractivity contribution in [3.8, 4) is 23.0 Å². The van der Waals surface area contributed by atoms with Gasteiger partial charge in [0, 0.05) is 30.1 Å². The largest absolute Gasteiger partial charge is 0.493 e. The maximum atomic E-state index is 13.1. The van der Waals surface area contributed by atoms with Crippen LogP contribution in [0.5, 0.6) is 23.0 Å². The fourth-order valence-electron chi connectivity index (χ4n) is 4.09. The molecule has 0 aromatic heterocycles. The summed E-state index contributed by atoms with van der Waals surface area (Å²) in [5.41, 5.74) is 1.05. The molecule has 2 aromatic rings. The highest BCUT2D eigenvalue weighted by Crippen LogP contribution is 2.37. The van der Waals surface area contributed by atoms with Gasteiger partial charge in [-0.05, 0) is 50.1 Å². The Morgan fingerprint density at radius 2 is 1.78 bits per heavy atom. The highest BCUT2D eigenvalue weighted by atomic mass is 35.5. The highest BCUT2D eigenvalue weighted by molar-refractivity contribution is 6.32. The van der Waals surface area contributed by atoms with Crippen molar-refractivity contribution in [2.75, 3.05) is 40.0 Å². The fourth-order valence-corrected chi connectivity index (χ4v) is 4.35. The van der Waals surface area contributed by atoms with Gasteiger partial charge in [0.25, 0.3) is 5.91 Å². The molecule has 0 unspecified atom stereocenters. The highest BCUT2D eigenvalue weighted by Gasteiger charge is 2.30. The van der Waals surface area contributed by atoms with Crippen molar-refractivity contribution in [1.29, 1.82) is 0 Å². The number of hydrogen-bond donors (Lipinski definition) is 0. The Morgan fingerprint density at radius 3 is 2.47 bits per heavy atom. The summed E-state index contributed by atoms with van der Waals surface area (Å²) in [6, 6.07) is 8.56. The third-order valence-electron chi connectivity index (χ3n) is 5.74. The number of piperidine rings is 1. The number of likely N-dealkylation sites (tertiary alicyclic amines) is 1. The first-order chi connectivity index (χ1) is 15.5. The lowest BCUT2D eigenvalue weighted by Gasteiger charge is -2.31. The smallest absolute Gasteiger partial charge is 0.254 e. The number of hydrogen-bond acceptors (Lipinski definition) is 6. The summed E-state index contributed by atoms with van der Waals surface area (Å²) in [5, 5.41) is 0.332. The van der Waals surface area contributed by atoms with Gasteiger partial charge in [0.2, 0.25) is 0 Å². The van der Waals surface area contributed by atoms with E-state index in [2.05, 4.69) is 0 Å². The van der Waals surface area contributed by atoms with Crippen molar-refractivity contribution in [3.63, 3.8) is 0 Å². The fraction of sp³-hybridized carbons (Fsp3) is 0.417. The molecule has 0 N–H and O–H groups in total. The van der Waals surface area contributed by atoms with E-state index in [9.17, 15) is 9.59 Å². The lowest BCUT2D eigenvalue weighted by Crippen LogP contribution is -2.40. The lowest BCUT2D eigenvalue weighted by atomic mass is 9.88. The maximum Gasteiger partial charge on any atom is 0.254 e. The first kappa shape index (κ1) is 22.3. The van der Waals surface area contributed by atoms with Gasteiger partial charge in [0.15, 0.2) is 28.8 Å². The summed E-state index contributed by atoms with van der Waals surface area (Å²) in [6.07, 6.45) is 1.20. The first-order valence-electron chi connectivity index (χ1n) is 10.7. The Kier molecular flexibility index (Phi) is 6.74. The summed E-state index contributed by atoms with van der Waals surface area (Å²) < 4.78 is 22.0. The molecule has 2 aliphatic heterocycles. The van der Waals surface area contributed by atoms with Crippen LogP contribution < -0.4 is 18.9 Å². The summed E-state index contributed by atoms with van der Waals surface area (Å²) in [4.78, 5) is 27.8. The van der Waals surface area contributed by atoms with Crippen LogP contribution in [-0.2, 0) is 0 Å². The van der Waals surface area contributed by atoms with Gasteiger partial charge in [-0.25, -0.2) is 0 Å². The zero-order valence-electron chi connectivity index (χ0n) is 18.2. The molecule has 32 heavy (non-hydrogen) atoms. The van der Waals surface area contributed by atoms with Crippen LogP contribution in [0.25, 0.3) is 0 Å². The van der Waals surface area contributed by atoms with Gasteiger partial charge < -0.3 is 23.8 Å². The number of carbonyl (C=O) groups excluding carboxylic acids is 2. The average Bonchev–Trinajstić information content (AvgIpc) is 2.84. The van der Waals surface area contributed by atoms with Gasteiger partial charge in [0.1, 0.15) is 13.2 Å². The quantitative estimate of drug-likeness (QED) is 0.601. The molecular formula is C24H26ClNO6. The number of amides is 1. The van der Waals surface area contributed by atoms with Crippen LogP contribution in [0.4, 0.5) is 0 Å². The molecule has 170 valence electrons. The van der Waals surface area contributed by atoms with Gasteiger partial charge in [0.05, 0.1) is 18.7 Å². The number of halogens is 1. The van der Waals surface area contributed by atoms with Crippen molar-refractivity contribution >= 4 is 23.3 Å². The van der Waals surface area contributed by atoms with E-state index >= 15 is 0 Å². The van der Waals surface area contributed by atoms with Crippen molar-refractivity contribution in [1.82, 2.24) is 4.90 Å². The number of rotatable bonds is 6. The van der Waals surface area contributed by atoms with Crippen molar-refractivity contribution in [2.45, 2.75) is 19.8 Å². The lowest BCUT2D eigenvalue weighted by molar-refractivity contribution is 0.0650. The zero-order chi connectivity index (χ0) is 22.7. The molecule has 2 aliphatic rings. The van der Waals surface area contributed by atoms with Crippen molar-refractivity contribution < 1.29 is 28.5 Å². The molecule has 2 heterocycles. The minimum atomic E-state index is -0.140. The van der Waals surface area contributed by atoms with E-state index in [4.69, 9.17) is 30.5 Å². The Labute approximate surface area is 192 Å². The number of Topliss-reactive ketones (excluding diaryl/α,β-unsaturated/α-hetero) is 1. The molecule has 0 radical (unpaired) electrons. The standard InChI is InChI=1S/C24H26ClNO6/c1-3-30-23-18(25)12-17(14-21(23)29-2)24(28)26-8-6-15(7-9-26)22(27)16-4-5-19-20(13-16)32-11-10-31-19/h4-5,12-15H,3,6-11H2,1-2H3. The third kappa shape index (κ3) is 4.48. The number of nitrogens with zero attached hydrogens (tertiary/aromatic N) is 1. The van der Waals surface area contributed by atoms with E-state index in [1.807, 2.05) is 6.92 Å². The summed E-state index contributed by atoms with van der Waals surface area (Å²) in [7, 11) is 1.51. The molecule has 0 saturated carbocycles. The second-order valence-corrected chi connectivity index (χ2v) is 8.12. The van der Waals surface area contributed by atoms with Crippen LogP contribution in [0.3, 0.4) is 0 Å². The predicted octanol–water partition coefficient (Wildman–Crippen LogP) is 4.25. The van der Waals surface area contributed by atoms with Gasteiger partial charge in [-0.3, -0.25) is 9.59 Å². The van der Waals surface area contributed by atoms with Gasteiger partial charge in [-0.15, -0.1) is 0 Å². The Morgan fingerprint density at radius 1 is 1.06 bits per heavy atom. The average molecular weight is 460 g/mol. The molecule has 2 aromatic carbocycles. The van der Waals surface area contributed by atoms with Crippen LogP contribution in [0.15, 0.2) is 30.3 Å². The molecule has 1 amide bonds. The third-order valence-corrected chi connectivity index (χ3v) is 6.03. The minimum Gasteiger partial charge on any atom is -0.493 e. The maximum absolute atomic E-state index is 13.1. The summed E-state index contributed by atoms with van der Waals surface area (Å²) in [6.45, 7) is 4.27. The molecular weight excluding hydrogens is 434 g/mol. The number of ketones is 1. The van der Waals surface area contributed by atoms with Gasteiger partial charge in [-0.1, -0.05) is 11.6 Å². The Balaban J connectivity index is 1.42. The number of ether oxygens (including phenoxy) is 4. The summed E-state index contributed by atoms with van der Waals surface area (Å²) >= 11 is 6.32. The minimum absolute atomic E-state index is 0.0693. The first-order valence-corrected chi connectivity index (χ1v) is 11.1. The second-order valence-electron chi connectivity index (χ2n) is 7.71. The van der Waals surface area contributed by atoms with Crippen LogP contribution in [0.2, 0.25) is 5.02 Å². The molecule has 0 bridgehead atoms. The normalized spacial score (nSPS) is 15.9. The van der Waals surface area contributed by atoms with Crippen LogP contribution in [0.1, 0.15) is 40.5 Å². The van der Waals surface area contributed by atoms with E-state index in [0.29, 0.717) is 84.9 Å². The predicted molar refractivity (Wildman–Crippen MR) is 120 cm³/mol. The zero-order valence-corrected chi connectivity index (χ0v) is 18.9. The van der Waals surface area contributed by atoms with Crippen molar-refractivity contribution in [3.05, 3.63) is 46.5 Å². The van der Waals surface area contributed by atoms with Gasteiger partial charge >= 0.3 is 0 Å². The van der Waals surface area contributed by atoms with E-state index in [0.717, 1.165) is 0 Å². The van der Waals surface area contributed by atoms with E-state index in [-0.39, 0.29) is 17.6 Å². The van der Waals surface area contributed by atoms with E-state index in [1.165, 1.54) is 7.11 Å². The molecule has 8 heteroatoms. The number of fused-ring (bicyclic) bond motifs is 1. The molecule has 1 saturated heterocycles. The molecule has 7 nitrogen and oxygen atoms in total. The van der Waals surface area contributed by atoms with Crippen molar-refractivity contribution in [2.24, 2.45) is 5.92 Å². The molecule has 1 fully saturated rings. The number of carbonyl (C=O) groups is 2. The molecule has 4 rings (SSSR count). The molecule has 0 aliphatic carbocycles. The van der Waals surface area contributed by atoms with E-state index in [1.54, 1.807) is 35.2 Å². The topological polar surface area (TPSA) is 74.3 Å². The molecule has 0 atom stereocenters. The second kappa shape index (κ2) is 9.69. The van der Waals surface area contributed by atoms with Gasteiger partial charge in [-0.2, -0.15) is 0 Å². The van der Waals surface area contributed by atoms with Crippen LogP contribution >= 0.6 is 11.6 Å². The number of benzene rings is 2.